The number of hydrogen-bond donors (Lipinski definition) is 3. The lowest BCUT2D eigenvalue weighted by atomic mass is 9.76. The minimum Gasteiger partial charge on any atom is -0.394 e. The van der Waals surface area contributed by atoms with Gasteiger partial charge in [0.1, 0.15) is 0 Å². The summed E-state index contributed by atoms with van der Waals surface area (Å²) in [5.74, 6) is 0.678. The lowest BCUT2D eigenvalue weighted by Crippen LogP contribution is -2.56. The van der Waals surface area contributed by atoms with Crippen LogP contribution in [-0.2, 0) is 0 Å². The average Bonchev–Trinajstić information content (AvgIpc) is 2.62. The van der Waals surface area contributed by atoms with E-state index in [0.717, 1.165) is 38.5 Å². The molecule has 2 aliphatic carbocycles. The van der Waals surface area contributed by atoms with Crippen molar-refractivity contribution in [2.45, 2.75) is 82.3 Å². The summed E-state index contributed by atoms with van der Waals surface area (Å²) >= 11 is 0. The molecule has 2 aliphatic rings. The molecule has 0 bridgehead atoms. The molecule has 0 spiro atoms. The number of aliphatic hydroxyl groups is 2. The molecule has 2 unspecified atom stereocenters. The smallest absolute Gasteiger partial charge is 0.0771 e. The molecule has 0 amide bonds. The Bertz CT molecular complexity index is 274. The first-order valence-corrected chi connectivity index (χ1v) is 8.16. The molecule has 0 aromatic heterocycles. The predicted molar refractivity (Wildman–Crippen MR) is 78.1 cm³/mol. The van der Waals surface area contributed by atoms with Gasteiger partial charge in [-0.3, -0.25) is 0 Å². The van der Waals surface area contributed by atoms with Gasteiger partial charge in [-0.25, -0.2) is 0 Å². The maximum atomic E-state index is 10.7. The van der Waals surface area contributed by atoms with Gasteiger partial charge in [0.05, 0.1) is 12.2 Å². The average molecular weight is 269 g/mol. The van der Waals surface area contributed by atoms with Crippen LogP contribution >= 0.6 is 0 Å². The van der Waals surface area contributed by atoms with E-state index in [1.165, 1.54) is 25.7 Å². The van der Waals surface area contributed by atoms with E-state index in [4.69, 9.17) is 0 Å². The molecule has 2 fully saturated rings. The van der Waals surface area contributed by atoms with E-state index < -0.39 is 5.60 Å². The fourth-order valence-electron chi connectivity index (χ4n) is 3.94. The van der Waals surface area contributed by atoms with Gasteiger partial charge in [0.25, 0.3) is 0 Å². The fraction of sp³-hybridized carbons (Fsp3) is 1.00. The lowest BCUT2D eigenvalue weighted by Gasteiger charge is -2.42. The Balaban J connectivity index is 1.91. The van der Waals surface area contributed by atoms with Crippen molar-refractivity contribution in [1.82, 2.24) is 5.32 Å². The molecule has 19 heavy (non-hydrogen) atoms. The summed E-state index contributed by atoms with van der Waals surface area (Å²) in [5.41, 5.74) is -0.681. The van der Waals surface area contributed by atoms with Crippen LogP contribution in [0.2, 0.25) is 0 Å². The van der Waals surface area contributed by atoms with Crippen LogP contribution in [0.5, 0.6) is 0 Å². The molecule has 112 valence electrons. The van der Waals surface area contributed by atoms with Crippen molar-refractivity contribution in [3.05, 3.63) is 0 Å². The highest BCUT2D eigenvalue weighted by molar-refractivity contribution is 4.95. The van der Waals surface area contributed by atoms with Crippen LogP contribution in [0.25, 0.3) is 0 Å². The summed E-state index contributed by atoms with van der Waals surface area (Å²) in [5, 5.41) is 24.1. The maximum Gasteiger partial charge on any atom is 0.0771 e. The molecule has 0 aromatic rings. The highest BCUT2D eigenvalue weighted by atomic mass is 16.3. The van der Waals surface area contributed by atoms with Crippen LogP contribution < -0.4 is 5.32 Å². The van der Waals surface area contributed by atoms with Crippen LogP contribution in [-0.4, -0.2) is 34.5 Å². The van der Waals surface area contributed by atoms with Gasteiger partial charge in [0, 0.05) is 12.1 Å². The number of rotatable bonds is 4. The van der Waals surface area contributed by atoms with Crippen LogP contribution in [0.4, 0.5) is 0 Å². The van der Waals surface area contributed by atoms with Gasteiger partial charge in [-0.05, 0) is 31.6 Å². The van der Waals surface area contributed by atoms with E-state index in [0.29, 0.717) is 12.5 Å². The summed E-state index contributed by atoms with van der Waals surface area (Å²) in [7, 11) is 0. The van der Waals surface area contributed by atoms with Gasteiger partial charge in [-0.1, -0.05) is 45.4 Å². The molecular formula is C16H31NO2. The second-order valence-electron chi connectivity index (χ2n) is 7.13. The van der Waals surface area contributed by atoms with Crippen molar-refractivity contribution in [2.24, 2.45) is 5.92 Å². The topological polar surface area (TPSA) is 52.5 Å². The normalized spacial score (nSPS) is 35.8. The van der Waals surface area contributed by atoms with Crippen LogP contribution in [0.15, 0.2) is 0 Å². The molecule has 0 aromatic carbocycles. The Kier molecular flexibility index (Phi) is 5.27. The van der Waals surface area contributed by atoms with E-state index in [1.54, 1.807) is 0 Å². The first-order valence-electron chi connectivity index (χ1n) is 8.16. The largest absolute Gasteiger partial charge is 0.394 e. The van der Waals surface area contributed by atoms with Gasteiger partial charge in [-0.2, -0.15) is 0 Å². The minimum atomic E-state index is -0.542. The van der Waals surface area contributed by atoms with Gasteiger partial charge in [-0.15, -0.1) is 0 Å². The zero-order valence-corrected chi connectivity index (χ0v) is 12.5. The Hall–Kier alpha value is -0.120. The van der Waals surface area contributed by atoms with Crippen molar-refractivity contribution < 1.29 is 10.2 Å². The SMILES string of the molecule is CC1CCCC(CO)(NCC2(O)CCCCCC2)C1. The van der Waals surface area contributed by atoms with Crippen molar-refractivity contribution in [1.29, 1.82) is 0 Å². The van der Waals surface area contributed by atoms with Gasteiger partial charge < -0.3 is 15.5 Å². The van der Waals surface area contributed by atoms with E-state index in [9.17, 15) is 10.2 Å². The molecule has 3 N–H and O–H groups in total. The number of β-amino-alcohol motifs (C(OH)–C–C–N with tert-alkyl or cyclic N) is 1. The van der Waals surface area contributed by atoms with E-state index >= 15 is 0 Å². The third kappa shape index (κ3) is 4.17. The standard InChI is InChI=1S/C16H31NO2/c1-14-7-6-8-15(11-14,13-18)17-12-16(19)9-4-2-3-5-10-16/h14,17-19H,2-13H2,1H3. The molecule has 3 nitrogen and oxygen atoms in total. The zero-order chi connectivity index (χ0) is 13.8. The van der Waals surface area contributed by atoms with Gasteiger partial charge in [0.2, 0.25) is 0 Å². The summed E-state index contributed by atoms with van der Waals surface area (Å²) < 4.78 is 0. The molecular weight excluding hydrogens is 238 g/mol. The highest BCUT2D eigenvalue weighted by Crippen LogP contribution is 2.33. The molecule has 3 heteroatoms. The number of nitrogens with one attached hydrogen (secondary N) is 1. The van der Waals surface area contributed by atoms with Gasteiger partial charge >= 0.3 is 0 Å². The van der Waals surface area contributed by atoms with Crippen molar-refractivity contribution in [2.75, 3.05) is 13.2 Å². The van der Waals surface area contributed by atoms with E-state index in [1.807, 2.05) is 0 Å². The van der Waals surface area contributed by atoms with Crippen molar-refractivity contribution >= 4 is 0 Å². The van der Waals surface area contributed by atoms with Crippen LogP contribution in [0.1, 0.15) is 71.1 Å². The molecule has 0 heterocycles. The highest BCUT2D eigenvalue weighted by Gasteiger charge is 2.37. The number of aliphatic hydroxyl groups excluding tert-OH is 1. The Morgan fingerprint density at radius 3 is 2.32 bits per heavy atom. The fourth-order valence-corrected chi connectivity index (χ4v) is 3.94. The van der Waals surface area contributed by atoms with Crippen LogP contribution in [0.3, 0.4) is 0 Å². The molecule has 0 saturated heterocycles. The van der Waals surface area contributed by atoms with Gasteiger partial charge in [0.15, 0.2) is 0 Å². The van der Waals surface area contributed by atoms with Crippen LogP contribution in [0, 0.1) is 5.92 Å². The summed E-state index contributed by atoms with van der Waals surface area (Å²) in [6.07, 6.45) is 11.2. The second kappa shape index (κ2) is 6.55. The minimum absolute atomic E-state index is 0.139. The molecule has 0 radical (unpaired) electrons. The summed E-state index contributed by atoms with van der Waals surface area (Å²) in [6, 6.07) is 0. The first kappa shape index (κ1) is 15.3. The Morgan fingerprint density at radius 2 is 1.74 bits per heavy atom. The molecule has 2 atom stereocenters. The summed E-state index contributed by atoms with van der Waals surface area (Å²) in [6.45, 7) is 3.12. The molecule has 2 saturated carbocycles. The lowest BCUT2D eigenvalue weighted by molar-refractivity contribution is 0.00380. The molecule has 2 rings (SSSR count). The predicted octanol–water partition coefficient (Wildman–Crippen LogP) is 2.60. The zero-order valence-electron chi connectivity index (χ0n) is 12.5. The maximum absolute atomic E-state index is 10.7. The summed E-state index contributed by atoms with van der Waals surface area (Å²) in [4.78, 5) is 0. The monoisotopic (exact) mass is 269 g/mol. The van der Waals surface area contributed by atoms with Crippen molar-refractivity contribution in [3.8, 4) is 0 Å². The quantitative estimate of drug-likeness (QED) is 0.688. The van der Waals surface area contributed by atoms with E-state index in [2.05, 4.69) is 12.2 Å². The first-order chi connectivity index (χ1) is 9.08. The Labute approximate surface area is 117 Å². The second-order valence-corrected chi connectivity index (χ2v) is 7.13. The third-order valence-corrected chi connectivity index (χ3v) is 5.22. The Morgan fingerprint density at radius 1 is 1.05 bits per heavy atom. The van der Waals surface area contributed by atoms with E-state index in [-0.39, 0.29) is 12.1 Å². The molecule has 0 aliphatic heterocycles. The van der Waals surface area contributed by atoms with Crippen molar-refractivity contribution in [3.63, 3.8) is 0 Å². The number of hydrogen-bond acceptors (Lipinski definition) is 3. The third-order valence-electron chi connectivity index (χ3n) is 5.22.